The maximum atomic E-state index is 10.3. The molecule has 0 aliphatic carbocycles. The Kier molecular flexibility index (Phi) is 2.69. The average molecular weight is 182 g/mol. The summed E-state index contributed by atoms with van der Waals surface area (Å²) < 4.78 is 9.73. The van der Waals surface area contributed by atoms with Gasteiger partial charge in [0, 0.05) is 6.07 Å². The number of rotatable bonds is 3. The van der Waals surface area contributed by atoms with Crippen LogP contribution in [0.2, 0.25) is 0 Å². The molecule has 0 atom stereocenters. The quantitative estimate of drug-likeness (QED) is 0.523. The van der Waals surface area contributed by atoms with E-state index in [-0.39, 0.29) is 11.4 Å². The Morgan fingerprint density at radius 1 is 1.38 bits per heavy atom. The largest absolute Gasteiger partial charge is 0.493 e. The molecule has 5 heteroatoms. The number of benzene rings is 1. The van der Waals surface area contributed by atoms with Gasteiger partial charge < -0.3 is 9.47 Å². The Labute approximate surface area is 75.0 Å². The lowest BCUT2D eigenvalue weighted by molar-refractivity contribution is -0.385. The Morgan fingerprint density at radius 2 is 2.08 bits per heavy atom. The second kappa shape index (κ2) is 3.75. The van der Waals surface area contributed by atoms with Gasteiger partial charge in [0.15, 0.2) is 11.5 Å². The first-order valence-corrected chi connectivity index (χ1v) is 3.47. The first-order chi connectivity index (χ1) is 6.19. The van der Waals surface area contributed by atoms with Gasteiger partial charge in [-0.25, -0.2) is 0 Å². The molecule has 1 rings (SSSR count). The van der Waals surface area contributed by atoms with Gasteiger partial charge >= 0.3 is 0 Å². The predicted octanol–water partition coefficient (Wildman–Crippen LogP) is 1.41. The lowest BCUT2D eigenvalue weighted by Crippen LogP contribution is -1.93. The third-order valence-corrected chi connectivity index (χ3v) is 1.48. The zero-order chi connectivity index (χ0) is 9.84. The van der Waals surface area contributed by atoms with Crippen molar-refractivity contribution in [3.63, 3.8) is 0 Å². The van der Waals surface area contributed by atoms with Gasteiger partial charge in [0.05, 0.1) is 19.1 Å². The van der Waals surface area contributed by atoms with Gasteiger partial charge in [-0.1, -0.05) is 0 Å². The fourth-order valence-corrected chi connectivity index (χ4v) is 0.869. The fraction of sp³-hybridized carbons (Fsp3) is 0.250. The molecule has 5 nitrogen and oxygen atoms in total. The van der Waals surface area contributed by atoms with E-state index >= 15 is 0 Å². The van der Waals surface area contributed by atoms with Crippen molar-refractivity contribution < 1.29 is 14.4 Å². The number of hydrogen-bond acceptors (Lipinski definition) is 4. The molecule has 1 aromatic carbocycles. The van der Waals surface area contributed by atoms with Crippen molar-refractivity contribution >= 4 is 5.69 Å². The van der Waals surface area contributed by atoms with Crippen LogP contribution in [-0.4, -0.2) is 19.1 Å². The zero-order valence-electron chi connectivity index (χ0n) is 7.23. The first-order valence-electron chi connectivity index (χ1n) is 3.47. The molecule has 0 saturated carbocycles. The zero-order valence-corrected chi connectivity index (χ0v) is 7.23. The standard InChI is InChI=1S/C8H8NO4/c1-12-7-4-3-6(9(10)11)5-8(7)13-2/h3-4H,1-2H3. The Bertz CT molecular complexity index is 324. The summed E-state index contributed by atoms with van der Waals surface area (Å²) in [6.45, 7) is 0. The summed E-state index contributed by atoms with van der Waals surface area (Å²) in [5.74, 6) is 0.657. The molecule has 1 radical (unpaired) electrons. The maximum Gasteiger partial charge on any atom is 0.281 e. The van der Waals surface area contributed by atoms with E-state index in [1.54, 1.807) is 0 Å². The van der Waals surface area contributed by atoms with Crippen LogP contribution in [0.15, 0.2) is 12.1 Å². The third kappa shape index (κ3) is 1.87. The highest BCUT2D eigenvalue weighted by Gasteiger charge is 2.11. The van der Waals surface area contributed by atoms with Crippen LogP contribution >= 0.6 is 0 Å². The normalized spacial score (nSPS) is 9.38. The Hall–Kier alpha value is -1.78. The number of nitro benzene ring substituents is 1. The van der Waals surface area contributed by atoms with Gasteiger partial charge in [-0.2, -0.15) is 0 Å². The highest BCUT2D eigenvalue weighted by Crippen LogP contribution is 2.29. The molecule has 0 bridgehead atoms. The first kappa shape index (κ1) is 9.31. The smallest absolute Gasteiger partial charge is 0.281 e. The van der Waals surface area contributed by atoms with E-state index in [1.165, 1.54) is 26.4 Å². The summed E-state index contributed by atoms with van der Waals surface area (Å²) >= 11 is 0. The predicted molar refractivity (Wildman–Crippen MR) is 45.0 cm³/mol. The molecule has 0 spiro atoms. The summed E-state index contributed by atoms with van der Waals surface area (Å²) in [4.78, 5) is 9.81. The minimum atomic E-state index is -0.540. The number of non-ortho nitro benzene ring substituents is 1. The third-order valence-electron chi connectivity index (χ3n) is 1.48. The number of nitrogens with zero attached hydrogens (tertiary/aromatic N) is 1. The highest BCUT2D eigenvalue weighted by molar-refractivity contribution is 5.47. The average Bonchev–Trinajstić information content (AvgIpc) is 2.16. The van der Waals surface area contributed by atoms with Gasteiger partial charge in [-0.15, -0.1) is 0 Å². The van der Waals surface area contributed by atoms with E-state index in [9.17, 15) is 10.1 Å². The summed E-state index contributed by atoms with van der Waals surface area (Å²) in [5.41, 5.74) is -0.141. The molecule has 69 valence electrons. The van der Waals surface area contributed by atoms with Gasteiger partial charge in [0.2, 0.25) is 0 Å². The molecule has 1 aromatic rings. The van der Waals surface area contributed by atoms with Gasteiger partial charge in [-0.05, 0) is 6.07 Å². The van der Waals surface area contributed by atoms with Crippen molar-refractivity contribution in [2.45, 2.75) is 0 Å². The van der Waals surface area contributed by atoms with Crippen molar-refractivity contribution in [1.29, 1.82) is 0 Å². The monoisotopic (exact) mass is 182 g/mol. The summed E-state index contributed by atoms with van der Waals surface area (Å²) in [7, 11) is 2.86. The van der Waals surface area contributed by atoms with Crippen LogP contribution in [0, 0.1) is 16.2 Å². The van der Waals surface area contributed by atoms with Crippen molar-refractivity contribution in [3.8, 4) is 11.5 Å². The van der Waals surface area contributed by atoms with Crippen LogP contribution in [0.3, 0.4) is 0 Å². The van der Waals surface area contributed by atoms with Crippen molar-refractivity contribution in [1.82, 2.24) is 0 Å². The molecular formula is C8H8NO4. The molecule has 0 saturated heterocycles. The molecule has 0 fully saturated rings. The molecule has 0 unspecified atom stereocenters. The molecule has 0 N–H and O–H groups in total. The van der Waals surface area contributed by atoms with E-state index in [1.807, 2.05) is 0 Å². The lowest BCUT2D eigenvalue weighted by Gasteiger charge is -2.04. The van der Waals surface area contributed by atoms with E-state index in [4.69, 9.17) is 9.47 Å². The van der Waals surface area contributed by atoms with Crippen LogP contribution < -0.4 is 9.47 Å². The van der Waals surface area contributed by atoms with Crippen LogP contribution in [0.1, 0.15) is 0 Å². The van der Waals surface area contributed by atoms with Gasteiger partial charge in [0.1, 0.15) is 6.07 Å². The number of nitro groups is 1. The highest BCUT2D eigenvalue weighted by atomic mass is 16.6. The molecule has 0 heterocycles. The molecule has 0 aliphatic rings. The second-order valence-corrected chi connectivity index (χ2v) is 2.20. The Morgan fingerprint density at radius 3 is 2.54 bits per heavy atom. The van der Waals surface area contributed by atoms with E-state index in [0.717, 1.165) is 0 Å². The maximum absolute atomic E-state index is 10.3. The van der Waals surface area contributed by atoms with Crippen molar-refractivity contribution in [2.24, 2.45) is 0 Å². The molecule has 0 amide bonds. The van der Waals surface area contributed by atoms with E-state index in [2.05, 4.69) is 6.07 Å². The fourth-order valence-electron chi connectivity index (χ4n) is 0.869. The SMILES string of the molecule is COc1[c]c([N+](=O)[O-])ccc1OC. The van der Waals surface area contributed by atoms with Gasteiger partial charge in [-0.3, -0.25) is 10.1 Å². The second-order valence-electron chi connectivity index (χ2n) is 2.20. The van der Waals surface area contributed by atoms with Crippen molar-refractivity contribution in [3.05, 3.63) is 28.3 Å². The number of ether oxygens (including phenoxy) is 2. The molecule has 0 aromatic heterocycles. The Balaban J connectivity index is 3.13. The van der Waals surface area contributed by atoms with E-state index in [0.29, 0.717) is 5.75 Å². The van der Waals surface area contributed by atoms with E-state index < -0.39 is 4.92 Å². The minimum absolute atomic E-state index is 0.141. The summed E-state index contributed by atoms with van der Waals surface area (Å²) in [6.07, 6.45) is 0. The number of hydrogen-bond donors (Lipinski definition) is 0. The van der Waals surface area contributed by atoms with Gasteiger partial charge in [0.25, 0.3) is 5.69 Å². The molecule has 0 aliphatic heterocycles. The minimum Gasteiger partial charge on any atom is -0.493 e. The molecular weight excluding hydrogens is 174 g/mol. The van der Waals surface area contributed by atoms with Crippen LogP contribution in [-0.2, 0) is 0 Å². The summed E-state index contributed by atoms with van der Waals surface area (Å²) in [6, 6.07) is 5.24. The summed E-state index contributed by atoms with van der Waals surface area (Å²) in [5, 5.41) is 10.3. The lowest BCUT2D eigenvalue weighted by atomic mass is 10.3. The van der Waals surface area contributed by atoms with Crippen molar-refractivity contribution in [2.75, 3.05) is 14.2 Å². The molecule has 13 heavy (non-hydrogen) atoms. The van der Waals surface area contributed by atoms with Crippen LogP contribution in [0.4, 0.5) is 5.69 Å². The number of methoxy groups -OCH3 is 2. The topological polar surface area (TPSA) is 61.6 Å². The van der Waals surface area contributed by atoms with Crippen LogP contribution in [0.25, 0.3) is 0 Å². The van der Waals surface area contributed by atoms with Crippen LogP contribution in [0.5, 0.6) is 11.5 Å².